The maximum absolute atomic E-state index is 12.0. The highest BCUT2D eigenvalue weighted by molar-refractivity contribution is 5.82. The molecule has 1 fully saturated rings. The van der Waals surface area contributed by atoms with Gasteiger partial charge in [0.25, 0.3) is 0 Å². The van der Waals surface area contributed by atoms with Crippen LogP contribution < -0.4 is 0 Å². The van der Waals surface area contributed by atoms with E-state index in [9.17, 15) is 22.8 Å². The summed E-state index contributed by atoms with van der Waals surface area (Å²) in [4.78, 5) is 27.7. The third kappa shape index (κ3) is 3.79. The van der Waals surface area contributed by atoms with E-state index in [1.54, 1.807) is 0 Å². The number of carbonyl (C=O) groups is 2. The molecule has 1 heterocycles. The zero-order valence-electron chi connectivity index (χ0n) is 9.29. The van der Waals surface area contributed by atoms with Crippen molar-refractivity contribution in [3.8, 4) is 0 Å². The number of rotatable bonds is 0. The number of alkyl halides is 3. The first-order valence-electron chi connectivity index (χ1n) is 5.14. The highest BCUT2D eigenvalue weighted by Gasteiger charge is 2.43. The molecule has 1 aliphatic heterocycles. The van der Waals surface area contributed by atoms with E-state index in [2.05, 4.69) is 4.84 Å². The van der Waals surface area contributed by atoms with Crippen LogP contribution in [0, 0.1) is 0 Å². The number of hydrogen-bond acceptors (Lipinski definition) is 3. The van der Waals surface area contributed by atoms with Gasteiger partial charge in [0.15, 0.2) is 0 Å². The molecule has 98 valence electrons. The SMILES string of the molecule is CN(OC(=O)N1CCCCC1)C(=O)C(F)(F)F. The second-order valence-corrected chi connectivity index (χ2v) is 3.71. The minimum atomic E-state index is -5.04. The minimum absolute atomic E-state index is 0.0864. The Hall–Kier alpha value is -1.47. The van der Waals surface area contributed by atoms with Crippen molar-refractivity contribution in [3.63, 3.8) is 0 Å². The van der Waals surface area contributed by atoms with Crippen LogP contribution in [-0.4, -0.2) is 48.3 Å². The first-order chi connectivity index (χ1) is 7.82. The van der Waals surface area contributed by atoms with Crippen molar-refractivity contribution in [1.29, 1.82) is 0 Å². The highest BCUT2D eigenvalue weighted by Crippen LogP contribution is 2.18. The predicted octanol–water partition coefficient (Wildman–Crippen LogP) is 1.54. The van der Waals surface area contributed by atoms with Gasteiger partial charge in [-0.15, -0.1) is 0 Å². The molecule has 5 nitrogen and oxygen atoms in total. The molecule has 1 rings (SSSR count). The van der Waals surface area contributed by atoms with Crippen molar-refractivity contribution < 1.29 is 27.6 Å². The number of amides is 2. The van der Waals surface area contributed by atoms with E-state index in [0.29, 0.717) is 13.1 Å². The fraction of sp³-hybridized carbons (Fsp3) is 0.778. The van der Waals surface area contributed by atoms with Gasteiger partial charge in [-0.1, -0.05) is 0 Å². The van der Waals surface area contributed by atoms with Gasteiger partial charge in [0.2, 0.25) is 0 Å². The second kappa shape index (κ2) is 5.24. The van der Waals surface area contributed by atoms with Crippen molar-refractivity contribution >= 4 is 12.0 Å². The van der Waals surface area contributed by atoms with Gasteiger partial charge in [-0.05, 0) is 19.3 Å². The molecular weight excluding hydrogens is 241 g/mol. The van der Waals surface area contributed by atoms with E-state index in [4.69, 9.17) is 0 Å². The minimum Gasteiger partial charge on any atom is -0.319 e. The van der Waals surface area contributed by atoms with Crippen LogP contribution in [-0.2, 0) is 9.63 Å². The normalized spacial score (nSPS) is 16.6. The molecule has 1 saturated heterocycles. The second-order valence-electron chi connectivity index (χ2n) is 3.71. The summed E-state index contributed by atoms with van der Waals surface area (Å²) in [5, 5.41) is -0.0864. The molecule has 0 radical (unpaired) electrons. The molecule has 0 saturated carbocycles. The fourth-order valence-electron chi connectivity index (χ4n) is 1.47. The average molecular weight is 254 g/mol. The summed E-state index contributed by atoms with van der Waals surface area (Å²) in [6.07, 6.45) is -3.43. The van der Waals surface area contributed by atoms with Crippen LogP contribution in [0.5, 0.6) is 0 Å². The van der Waals surface area contributed by atoms with Gasteiger partial charge in [0, 0.05) is 20.1 Å². The molecule has 0 N–H and O–H groups in total. The Morgan fingerprint density at radius 1 is 1.18 bits per heavy atom. The molecule has 0 aromatic rings. The van der Waals surface area contributed by atoms with Crippen LogP contribution >= 0.6 is 0 Å². The Balaban J connectivity index is 2.47. The van der Waals surface area contributed by atoms with E-state index in [-0.39, 0.29) is 5.06 Å². The summed E-state index contributed by atoms with van der Waals surface area (Å²) in [7, 11) is 0.762. The van der Waals surface area contributed by atoms with Gasteiger partial charge in [-0.3, -0.25) is 4.79 Å². The number of piperidine rings is 1. The van der Waals surface area contributed by atoms with Crippen LogP contribution in [0.1, 0.15) is 19.3 Å². The molecule has 0 aromatic carbocycles. The number of halogens is 3. The summed E-state index contributed by atoms with van der Waals surface area (Å²) >= 11 is 0. The monoisotopic (exact) mass is 254 g/mol. The van der Waals surface area contributed by atoms with Gasteiger partial charge in [-0.2, -0.15) is 18.2 Å². The van der Waals surface area contributed by atoms with E-state index in [0.717, 1.165) is 26.3 Å². The number of carbonyl (C=O) groups excluding carboxylic acids is 2. The van der Waals surface area contributed by atoms with Gasteiger partial charge in [-0.25, -0.2) is 4.79 Å². The Bertz CT molecular complexity index is 300. The first kappa shape index (κ1) is 13.6. The molecule has 1 aliphatic rings. The lowest BCUT2D eigenvalue weighted by molar-refractivity contribution is -0.212. The molecule has 0 bridgehead atoms. The Morgan fingerprint density at radius 3 is 2.18 bits per heavy atom. The summed E-state index contributed by atoms with van der Waals surface area (Å²) in [5.41, 5.74) is 0. The van der Waals surface area contributed by atoms with Crippen molar-refractivity contribution in [3.05, 3.63) is 0 Å². The van der Waals surface area contributed by atoms with E-state index >= 15 is 0 Å². The lowest BCUT2D eigenvalue weighted by Crippen LogP contribution is -2.44. The van der Waals surface area contributed by atoms with Crippen molar-refractivity contribution in [2.24, 2.45) is 0 Å². The van der Waals surface area contributed by atoms with Crippen LogP contribution in [0.4, 0.5) is 18.0 Å². The molecule has 0 spiro atoms. The van der Waals surface area contributed by atoms with Crippen LogP contribution in [0.2, 0.25) is 0 Å². The molecule has 8 heteroatoms. The van der Waals surface area contributed by atoms with Crippen LogP contribution in [0.3, 0.4) is 0 Å². The van der Waals surface area contributed by atoms with E-state index < -0.39 is 18.2 Å². The molecular formula is C9H13F3N2O3. The summed E-state index contributed by atoms with van der Waals surface area (Å²) < 4.78 is 36.0. The zero-order valence-corrected chi connectivity index (χ0v) is 9.29. The number of hydrogen-bond donors (Lipinski definition) is 0. The van der Waals surface area contributed by atoms with Crippen LogP contribution in [0.25, 0.3) is 0 Å². The quantitative estimate of drug-likeness (QED) is 0.616. The highest BCUT2D eigenvalue weighted by atomic mass is 19.4. The van der Waals surface area contributed by atoms with Gasteiger partial charge in [0.1, 0.15) is 0 Å². The number of likely N-dealkylation sites (tertiary alicyclic amines) is 1. The number of nitrogens with zero attached hydrogens (tertiary/aromatic N) is 2. The van der Waals surface area contributed by atoms with Crippen molar-refractivity contribution in [2.75, 3.05) is 20.1 Å². The molecule has 0 unspecified atom stereocenters. The molecule has 0 atom stereocenters. The van der Waals surface area contributed by atoms with E-state index in [1.165, 1.54) is 4.90 Å². The molecule has 17 heavy (non-hydrogen) atoms. The van der Waals surface area contributed by atoms with Crippen molar-refractivity contribution in [2.45, 2.75) is 25.4 Å². The Morgan fingerprint density at radius 2 is 1.71 bits per heavy atom. The largest absolute Gasteiger partial charge is 0.474 e. The summed E-state index contributed by atoms with van der Waals surface area (Å²) in [6, 6.07) is 0. The fourth-order valence-corrected chi connectivity index (χ4v) is 1.47. The topological polar surface area (TPSA) is 49.9 Å². The first-order valence-corrected chi connectivity index (χ1v) is 5.14. The van der Waals surface area contributed by atoms with E-state index in [1.807, 2.05) is 0 Å². The lowest BCUT2D eigenvalue weighted by Gasteiger charge is -2.27. The van der Waals surface area contributed by atoms with Gasteiger partial charge in [0.05, 0.1) is 0 Å². The maximum atomic E-state index is 12.0. The van der Waals surface area contributed by atoms with Crippen LogP contribution in [0.15, 0.2) is 0 Å². The molecule has 0 aliphatic carbocycles. The number of hydroxylamine groups is 2. The van der Waals surface area contributed by atoms with Gasteiger partial charge < -0.3 is 9.74 Å². The van der Waals surface area contributed by atoms with Gasteiger partial charge >= 0.3 is 18.2 Å². The smallest absolute Gasteiger partial charge is 0.319 e. The predicted molar refractivity (Wildman–Crippen MR) is 50.7 cm³/mol. The summed E-state index contributed by atoms with van der Waals surface area (Å²) in [6.45, 7) is 0.875. The summed E-state index contributed by atoms with van der Waals surface area (Å²) in [5.74, 6) is -2.21. The lowest BCUT2D eigenvalue weighted by atomic mass is 10.1. The Labute approximate surface area is 96.1 Å². The standard InChI is InChI=1S/C9H13F3N2O3/c1-13(7(15)9(10,11)12)17-8(16)14-5-3-2-4-6-14/h2-6H2,1H3. The third-order valence-corrected chi connectivity index (χ3v) is 2.36. The molecule has 0 aromatic heterocycles. The zero-order chi connectivity index (χ0) is 13.1. The maximum Gasteiger partial charge on any atom is 0.474 e. The Kier molecular flexibility index (Phi) is 4.19. The molecule has 2 amide bonds. The third-order valence-electron chi connectivity index (χ3n) is 2.36. The average Bonchev–Trinajstić information content (AvgIpc) is 2.27. The van der Waals surface area contributed by atoms with Crippen molar-refractivity contribution in [1.82, 2.24) is 9.96 Å².